The molecule has 0 aromatic rings. The molecule has 0 amide bonds. The van der Waals surface area contributed by atoms with Crippen LogP contribution in [-0.2, 0) is 14.4 Å². The molecule has 0 atom stereocenters. The molecule has 0 unspecified atom stereocenters. The Morgan fingerprint density at radius 1 is 0.419 bits per heavy atom. The number of unbranched alkanes of at least 4 members (excludes halogenated alkanes) is 9. The van der Waals surface area contributed by atoms with Crippen LogP contribution in [0.1, 0.15) is 213 Å². The van der Waals surface area contributed by atoms with Crippen molar-refractivity contribution in [3.8, 4) is 0 Å². The molecule has 0 aromatic carbocycles. The van der Waals surface area contributed by atoms with Gasteiger partial charge in [-0.15, -0.1) is 0 Å². The molecule has 4 fully saturated rings. The molecule has 0 aliphatic heterocycles. The molecule has 4 rings (SSSR count). The molecular weight excluding hydrogens is 528 g/mol. The van der Waals surface area contributed by atoms with Crippen molar-refractivity contribution in [3.05, 3.63) is 0 Å². The van der Waals surface area contributed by atoms with E-state index in [1.807, 2.05) is 0 Å². The number of hydrogen-bond acceptors (Lipinski definition) is 3. The van der Waals surface area contributed by atoms with Crippen molar-refractivity contribution in [3.63, 3.8) is 0 Å². The smallest absolute Gasteiger partial charge is 0.132 e. The van der Waals surface area contributed by atoms with Crippen molar-refractivity contribution < 1.29 is 14.4 Å². The quantitative estimate of drug-likeness (QED) is 0.0884. The molecule has 4 aliphatic rings. The van der Waals surface area contributed by atoms with Crippen LogP contribution in [0.4, 0.5) is 0 Å². The Balaban J connectivity index is 1.53. The van der Waals surface area contributed by atoms with Crippen LogP contribution in [0.3, 0.4) is 0 Å². The van der Waals surface area contributed by atoms with E-state index in [1.165, 1.54) is 96.3 Å². The average molecular weight is 599 g/mol. The first-order valence-electron chi connectivity index (χ1n) is 19.3. The Labute approximate surface area is 266 Å². The summed E-state index contributed by atoms with van der Waals surface area (Å²) in [6.45, 7) is 6.51. The van der Waals surface area contributed by atoms with Crippen molar-refractivity contribution in [2.45, 2.75) is 213 Å². The molecule has 0 aromatic heterocycles. The molecule has 0 N–H and O–H groups in total. The van der Waals surface area contributed by atoms with Gasteiger partial charge in [0, 0.05) is 38.5 Å². The van der Waals surface area contributed by atoms with E-state index in [1.54, 1.807) is 0 Å². The summed E-state index contributed by atoms with van der Waals surface area (Å²) in [4.78, 5) is 36.6. The lowest BCUT2D eigenvalue weighted by Crippen LogP contribution is -2.56. The van der Waals surface area contributed by atoms with Crippen LogP contribution in [-0.4, -0.2) is 17.3 Å². The van der Waals surface area contributed by atoms with E-state index in [2.05, 4.69) is 20.8 Å². The highest BCUT2D eigenvalue weighted by Gasteiger charge is 2.61. The second kappa shape index (κ2) is 18.9. The van der Waals surface area contributed by atoms with E-state index in [-0.39, 0.29) is 0 Å². The van der Waals surface area contributed by atoms with Gasteiger partial charge >= 0.3 is 0 Å². The molecule has 0 heterocycles. The lowest BCUT2D eigenvalue weighted by molar-refractivity contribution is -0.168. The van der Waals surface area contributed by atoms with E-state index in [4.69, 9.17) is 0 Å². The standard InChI is InChI=1S/C40H70O3/c1-4-7-19-35(41)22-13-10-16-25-38-28-34-29-39(31-38,26-17-11-14-23-36(42)20-8-5-2)33-40(30-34,32-38)27-18-12-15-24-37(43)21-9-6-3/h34H,4-33H2,1-3H3. The summed E-state index contributed by atoms with van der Waals surface area (Å²) in [5.74, 6) is 2.36. The van der Waals surface area contributed by atoms with Crippen LogP contribution < -0.4 is 0 Å². The molecule has 3 heteroatoms. The monoisotopic (exact) mass is 599 g/mol. The van der Waals surface area contributed by atoms with E-state index in [0.717, 1.165) is 102 Å². The zero-order valence-corrected chi connectivity index (χ0v) is 29.0. The number of hydrogen-bond donors (Lipinski definition) is 0. The molecule has 43 heavy (non-hydrogen) atoms. The number of carbonyl (C=O) groups excluding carboxylic acids is 3. The van der Waals surface area contributed by atoms with Crippen LogP contribution in [0.15, 0.2) is 0 Å². The highest BCUT2D eigenvalue weighted by Crippen LogP contribution is 2.73. The second-order valence-electron chi connectivity index (χ2n) is 16.1. The zero-order chi connectivity index (χ0) is 31.0. The van der Waals surface area contributed by atoms with E-state index >= 15 is 0 Å². The lowest BCUT2D eigenvalue weighted by Gasteiger charge is -2.68. The second-order valence-corrected chi connectivity index (χ2v) is 16.1. The van der Waals surface area contributed by atoms with Gasteiger partial charge in [0.2, 0.25) is 0 Å². The van der Waals surface area contributed by atoms with Crippen LogP contribution in [0.5, 0.6) is 0 Å². The first-order chi connectivity index (χ1) is 20.8. The normalized spacial score (nSPS) is 27.6. The highest BCUT2D eigenvalue weighted by molar-refractivity contribution is 5.78. The van der Waals surface area contributed by atoms with Crippen LogP contribution in [0, 0.1) is 22.2 Å². The van der Waals surface area contributed by atoms with Gasteiger partial charge in [0.05, 0.1) is 0 Å². The largest absolute Gasteiger partial charge is 0.300 e. The molecule has 0 saturated heterocycles. The Bertz CT molecular complexity index is 725. The van der Waals surface area contributed by atoms with Gasteiger partial charge in [-0.3, -0.25) is 14.4 Å². The fraction of sp³-hybridized carbons (Fsp3) is 0.925. The molecule has 0 spiro atoms. The fourth-order valence-corrected chi connectivity index (χ4v) is 10.4. The number of Topliss-reactive ketones (excluding diaryl/α,β-unsaturated/α-hetero) is 3. The number of rotatable bonds is 27. The van der Waals surface area contributed by atoms with Crippen LogP contribution >= 0.6 is 0 Å². The maximum absolute atomic E-state index is 12.2. The van der Waals surface area contributed by atoms with Crippen molar-refractivity contribution in [1.29, 1.82) is 0 Å². The summed E-state index contributed by atoms with van der Waals surface area (Å²) in [7, 11) is 0. The van der Waals surface area contributed by atoms with Crippen LogP contribution in [0.2, 0.25) is 0 Å². The third-order valence-corrected chi connectivity index (χ3v) is 11.8. The van der Waals surface area contributed by atoms with Gasteiger partial charge < -0.3 is 0 Å². The van der Waals surface area contributed by atoms with Crippen molar-refractivity contribution in [2.24, 2.45) is 22.2 Å². The molecule has 3 nitrogen and oxygen atoms in total. The summed E-state index contributed by atoms with van der Waals surface area (Å²) in [5, 5.41) is 0. The topological polar surface area (TPSA) is 51.2 Å². The molecule has 4 saturated carbocycles. The third-order valence-electron chi connectivity index (χ3n) is 11.8. The van der Waals surface area contributed by atoms with Crippen LogP contribution in [0.25, 0.3) is 0 Å². The first-order valence-corrected chi connectivity index (χ1v) is 19.3. The SMILES string of the molecule is CCCCC(=O)CCCCCC12CC3CC(CCCCCC(=O)CCCC)(C1)CC(CCCCCC(=O)CCCC)(C3)C2. The minimum Gasteiger partial charge on any atom is -0.300 e. The third kappa shape index (κ3) is 12.4. The molecular formula is C40H70O3. The van der Waals surface area contributed by atoms with Gasteiger partial charge in [0.1, 0.15) is 17.3 Å². The van der Waals surface area contributed by atoms with Crippen molar-refractivity contribution >= 4 is 17.3 Å². The Kier molecular flexibility index (Phi) is 16.0. The first kappa shape index (κ1) is 36.5. The van der Waals surface area contributed by atoms with E-state index < -0.39 is 0 Å². The fourth-order valence-electron chi connectivity index (χ4n) is 10.4. The zero-order valence-electron chi connectivity index (χ0n) is 29.0. The highest BCUT2D eigenvalue weighted by atomic mass is 16.1. The van der Waals surface area contributed by atoms with Gasteiger partial charge in [-0.25, -0.2) is 0 Å². The molecule has 248 valence electrons. The van der Waals surface area contributed by atoms with Gasteiger partial charge in [0.15, 0.2) is 0 Å². The summed E-state index contributed by atoms with van der Waals surface area (Å²) < 4.78 is 0. The number of carbonyl (C=O) groups is 3. The van der Waals surface area contributed by atoms with Gasteiger partial charge in [-0.1, -0.05) is 78.6 Å². The van der Waals surface area contributed by atoms with E-state index in [9.17, 15) is 14.4 Å². The molecule has 4 bridgehead atoms. The molecule has 4 aliphatic carbocycles. The lowest BCUT2D eigenvalue weighted by atomic mass is 9.37. The maximum atomic E-state index is 12.2. The average Bonchev–Trinajstić information content (AvgIpc) is 2.96. The summed E-state index contributed by atoms with van der Waals surface area (Å²) in [6, 6.07) is 0. The Morgan fingerprint density at radius 2 is 0.698 bits per heavy atom. The Hall–Kier alpha value is -0.990. The Morgan fingerprint density at radius 3 is 0.977 bits per heavy atom. The van der Waals surface area contributed by atoms with Crippen molar-refractivity contribution in [2.75, 3.05) is 0 Å². The van der Waals surface area contributed by atoms with Gasteiger partial charge in [-0.2, -0.15) is 0 Å². The predicted molar refractivity (Wildman–Crippen MR) is 181 cm³/mol. The number of ketones is 3. The van der Waals surface area contributed by atoms with Crippen molar-refractivity contribution in [1.82, 2.24) is 0 Å². The summed E-state index contributed by atoms with van der Waals surface area (Å²) in [5.41, 5.74) is 1.62. The maximum Gasteiger partial charge on any atom is 0.132 e. The molecule has 0 radical (unpaired) electrons. The summed E-state index contributed by atoms with van der Waals surface area (Å²) >= 11 is 0. The predicted octanol–water partition coefficient (Wildman–Crippen LogP) is 12.1. The summed E-state index contributed by atoms with van der Waals surface area (Å²) in [6.07, 6.45) is 35.0. The van der Waals surface area contributed by atoms with Gasteiger partial charge in [0.25, 0.3) is 0 Å². The minimum atomic E-state index is 0.480. The van der Waals surface area contributed by atoms with E-state index in [0.29, 0.717) is 33.6 Å². The van der Waals surface area contributed by atoms with Gasteiger partial charge in [-0.05, 0) is 118 Å². The minimum absolute atomic E-state index is 0.480.